The molecule has 13 heteroatoms. The fourth-order valence-corrected chi connectivity index (χ4v) is 6.36. The third kappa shape index (κ3) is 5.88. The average Bonchev–Trinajstić information content (AvgIpc) is 3.52. The number of carboxylic acids is 1. The molecule has 1 aromatic heterocycles. The molecule has 3 aliphatic rings. The predicted molar refractivity (Wildman–Crippen MR) is 156 cm³/mol. The normalized spacial score (nSPS) is 19.3. The van der Waals surface area contributed by atoms with Gasteiger partial charge in [-0.2, -0.15) is 0 Å². The van der Waals surface area contributed by atoms with Gasteiger partial charge >= 0.3 is 18.0 Å². The van der Waals surface area contributed by atoms with Crippen molar-refractivity contribution < 1.29 is 28.6 Å². The minimum atomic E-state index is -1.02. The van der Waals surface area contributed by atoms with E-state index >= 15 is 0 Å². The van der Waals surface area contributed by atoms with Crippen LogP contribution in [0.15, 0.2) is 35.0 Å². The molecule has 2 saturated heterocycles. The van der Waals surface area contributed by atoms with Crippen LogP contribution in [0.2, 0.25) is 0 Å². The third-order valence-corrected chi connectivity index (χ3v) is 8.79. The first kappa shape index (κ1) is 29.6. The zero-order chi connectivity index (χ0) is 30.2. The second kappa shape index (κ2) is 11.8. The lowest BCUT2D eigenvalue weighted by molar-refractivity contribution is -0.147. The molecular formula is C29H35FN6O5S. The highest BCUT2D eigenvalue weighted by molar-refractivity contribution is 7.16. The zero-order valence-electron chi connectivity index (χ0n) is 24.1. The molecule has 5 rings (SSSR count). The average molecular weight is 599 g/mol. The number of carboxylic acid groups (broad SMARTS) is 1. The summed E-state index contributed by atoms with van der Waals surface area (Å²) in [4.78, 5) is 52.7. The number of nitrogens with zero attached hydrogens (tertiary/aromatic N) is 5. The van der Waals surface area contributed by atoms with Gasteiger partial charge in [-0.1, -0.05) is 12.1 Å². The first-order valence-electron chi connectivity index (χ1n) is 13.9. The number of carbonyl (C=O) groups is 3. The Labute approximate surface area is 247 Å². The number of hydrogen-bond acceptors (Lipinski definition) is 9. The van der Waals surface area contributed by atoms with Crippen molar-refractivity contribution >= 4 is 35.1 Å². The standard InChI is InChI=1S/C29H35FN6O5S/c1-5-41-26(37)23-22(20-7-6-8-21(30)17(20)2)33-25(42-23)24-31-10-9-18(32-24)13-34-11-12-36-19(14-34)15-35(28(36)40)16-29(3,4)27(38)39/h6-9,19H,5,10-16H2,1-4H3,(H,31,32)(H,38,39)/t19-/m0/s1. The number of aromatic nitrogens is 1. The van der Waals surface area contributed by atoms with Crippen LogP contribution in [0.5, 0.6) is 0 Å². The second-order valence-electron chi connectivity index (χ2n) is 11.3. The Bertz CT molecular complexity index is 1470. The van der Waals surface area contributed by atoms with Gasteiger partial charge in [0.2, 0.25) is 0 Å². The van der Waals surface area contributed by atoms with Crippen molar-refractivity contribution in [2.75, 3.05) is 52.4 Å². The topological polar surface area (TPSA) is 128 Å². The number of amides is 2. The molecule has 3 aliphatic heterocycles. The molecule has 1 atom stereocenters. The quantitative estimate of drug-likeness (QED) is 0.422. The third-order valence-electron chi connectivity index (χ3n) is 7.75. The fraction of sp³-hybridized carbons (Fsp3) is 0.483. The van der Waals surface area contributed by atoms with Gasteiger partial charge < -0.3 is 25.0 Å². The SMILES string of the molecule is CCOC(=O)c1sc(C2=NCC=C(CN3CCN4C(=O)N(CC(C)(C)C(=O)O)C[C@@H]4C3)N2)nc1-c1cccc(F)c1C. The summed E-state index contributed by atoms with van der Waals surface area (Å²) in [5.74, 6) is -1.30. The minimum absolute atomic E-state index is 0.0173. The van der Waals surface area contributed by atoms with Gasteiger partial charge in [-0.3, -0.25) is 14.7 Å². The van der Waals surface area contributed by atoms with E-state index in [1.807, 2.05) is 11.0 Å². The molecule has 42 heavy (non-hydrogen) atoms. The van der Waals surface area contributed by atoms with E-state index in [4.69, 9.17) is 9.72 Å². The van der Waals surface area contributed by atoms with Crippen LogP contribution in [0, 0.1) is 18.2 Å². The summed E-state index contributed by atoms with van der Waals surface area (Å²) in [5, 5.41) is 13.4. The molecule has 1 aromatic carbocycles. The van der Waals surface area contributed by atoms with E-state index in [0.717, 1.165) is 17.0 Å². The van der Waals surface area contributed by atoms with Gasteiger partial charge in [-0.25, -0.2) is 19.0 Å². The lowest BCUT2D eigenvalue weighted by atomic mass is 9.93. The van der Waals surface area contributed by atoms with Gasteiger partial charge in [-0.05, 0) is 45.4 Å². The number of aliphatic imine (C=N–C) groups is 1. The Balaban J connectivity index is 1.27. The summed E-state index contributed by atoms with van der Waals surface area (Å²) in [6.45, 7) is 10.4. The number of aliphatic carboxylic acids is 1. The van der Waals surface area contributed by atoms with Crippen molar-refractivity contribution in [1.29, 1.82) is 0 Å². The number of hydrogen-bond donors (Lipinski definition) is 2. The van der Waals surface area contributed by atoms with Gasteiger partial charge in [0, 0.05) is 50.5 Å². The number of piperazine rings is 1. The number of amidine groups is 1. The Kier molecular flexibility index (Phi) is 8.33. The molecule has 4 heterocycles. The minimum Gasteiger partial charge on any atom is -0.481 e. The number of ether oxygens (including phenoxy) is 1. The number of fused-ring (bicyclic) bond motifs is 1. The van der Waals surface area contributed by atoms with Crippen LogP contribution in [-0.2, 0) is 9.53 Å². The maximum Gasteiger partial charge on any atom is 0.350 e. The molecule has 224 valence electrons. The Morgan fingerprint density at radius 3 is 2.79 bits per heavy atom. The first-order valence-corrected chi connectivity index (χ1v) is 14.8. The molecule has 2 amide bonds. The predicted octanol–water partition coefficient (Wildman–Crippen LogP) is 3.20. The summed E-state index contributed by atoms with van der Waals surface area (Å²) in [7, 11) is 0. The zero-order valence-corrected chi connectivity index (χ0v) is 25.0. The second-order valence-corrected chi connectivity index (χ2v) is 12.3. The maximum atomic E-state index is 14.4. The van der Waals surface area contributed by atoms with E-state index in [1.165, 1.54) is 6.07 Å². The van der Waals surface area contributed by atoms with Crippen molar-refractivity contribution in [3.63, 3.8) is 0 Å². The summed E-state index contributed by atoms with van der Waals surface area (Å²) < 4.78 is 19.6. The summed E-state index contributed by atoms with van der Waals surface area (Å²) in [6, 6.07) is 4.57. The summed E-state index contributed by atoms with van der Waals surface area (Å²) in [6.07, 6.45) is 1.99. The lowest BCUT2D eigenvalue weighted by Gasteiger charge is -2.37. The van der Waals surface area contributed by atoms with Crippen LogP contribution in [0.3, 0.4) is 0 Å². The highest BCUT2D eigenvalue weighted by Gasteiger charge is 2.43. The number of nitrogens with one attached hydrogen (secondary N) is 1. The number of benzene rings is 1. The maximum absolute atomic E-state index is 14.4. The van der Waals surface area contributed by atoms with E-state index in [2.05, 4.69) is 15.2 Å². The van der Waals surface area contributed by atoms with E-state index in [9.17, 15) is 23.9 Å². The molecule has 2 N–H and O–H groups in total. The molecule has 0 unspecified atom stereocenters. The van der Waals surface area contributed by atoms with Crippen molar-refractivity contribution in [3.05, 3.63) is 51.2 Å². The van der Waals surface area contributed by atoms with Crippen molar-refractivity contribution in [2.45, 2.75) is 33.7 Å². The first-order chi connectivity index (χ1) is 20.0. The molecule has 0 radical (unpaired) electrons. The number of rotatable bonds is 9. The van der Waals surface area contributed by atoms with Gasteiger partial charge in [0.15, 0.2) is 10.8 Å². The summed E-state index contributed by atoms with van der Waals surface area (Å²) >= 11 is 1.16. The van der Waals surface area contributed by atoms with Crippen molar-refractivity contribution in [3.8, 4) is 11.3 Å². The largest absolute Gasteiger partial charge is 0.481 e. The van der Waals surface area contributed by atoms with Crippen LogP contribution in [0.25, 0.3) is 11.3 Å². The molecule has 0 bridgehead atoms. The van der Waals surface area contributed by atoms with E-state index < -0.39 is 17.4 Å². The van der Waals surface area contributed by atoms with Gasteiger partial charge in [0.1, 0.15) is 10.7 Å². The summed E-state index contributed by atoms with van der Waals surface area (Å²) in [5.41, 5.74) is 1.19. The van der Waals surface area contributed by atoms with Crippen LogP contribution >= 0.6 is 11.3 Å². The molecule has 2 aromatic rings. The van der Waals surface area contributed by atoms with Gasteiger partial charge in [-0.15, -0.1) is 11.3 Å². The number of halogens is 1. The van der Waals surface area contributed by atoms with Crippen LogP contribution in [0.1, 0.15) is 41.0 Å². The number of carbonyl (C=O) groups excluding carboxylic acids is 2. The van der Waals surface area contributed by atoms with E-state index in [1.54, 1.807) is 44.7 Å². The Morgan fingerprint density at radius 1 is 1.26 bits per heavy atom. The highest BCUT2D eigenvalue weighted by atomic mass is 32.1. The van der Waals surface area contributed by atoms with Crippen molar-refractivity contribution in [1.82, 2.24) is 25.0 Å². The molecule has 2 fully saturated rings. The van der Waals surface area contributed by atoms with Gasteiger partial charge in [0.25, 0.3) is 0 Å². The van der Waals surface area contributed by atoms with Crippen LogP contribution < -0.4 is 5.32 Å². The number of urea groups is 1. The monoisotopic (exact) mass is 598 g/mol. The fourth-order valence-electron chi connectivity index (χ4n) is 5.42. The lowest BCUT2D eigenvalue weighted by Crippen LogP contribution is -2.53. The molecule has 0 spiro atoms. The van der Waals surface area contributed by atoms with E-state index in [0.29, 0.717) is 71.8 Å². The van der Waals surface area contributed by atoms with Gasteiger partial charge in [0.05, 0.1) is 30.3 Å². The number of thiazole rings is 1. The number of esters is 1. The van der Waals surface area contributed by atoms with E-state index in [-0.39, 0.29) is 31.0 Å². The smallest absolute Gasteiger partial charge is 0.350 e. The molecule has 11 nitrogen and oxygen atoms in total. The Morgan fingerprint density at radius 2 is 2.05 bits per heavy atom. The van der Waals surface area contributed by atoms with Crippen LogP contribution in [0.4, 0.5) is 9.18 Å². The van der Waals surface area contributed by atoms with Crippen molar-refractivity contribution in [2.24, 2.45) is 10.4 Å². The molecule has 0 saturated carbocycles. The highest BCUT2D eigenvalue weighted by Crippen LogP contribution is 2.33. The Hall–Kier alpha value is -3.84. The molecular weight excluding hydrogens is 563 g/mol. The van der Waals surface area contributed by atoms with Crippen LogP contribution in [-0.4, -0.2) is 107 Å². The molecule has 0 aliphatic carbocycles.